The molecule has 1 aromatic carbocycles. The van der Waals surface area contributed by atoms with Crippen LogP contribution in [0.1, 0.15) is 13.8 Å². The smallest absolute Gasteiger partial charge is 0.341 e. The summed E-state index contributed by atoms with van der Waals surface area (Å²) >= 11 is 1.16. The third kappa shape index (κ3) is 6.28. The Kier molecular flexibility index (Phi) is 8.30. The standard InChI is InChI=1S/C15H20F2N2O4S2/c1-3-19(4-2)14(21)10-24-9-13(20)18-11-5-7-12(8-6-11)25(22,23)15(16)17/h5-8,15H,3-4,9-10H2,1-2H3,(H,18,20). The zero-order chi connectivity index (χ0) is 19.0. The van der Waals surface area contributed by atoms with Gasteiger partial charge in [0.2, 0.25) is 21.7 Å². The molecule has 0 atom stereocenters. The maximum absolute atomic E-state index is 12.4. The van der Waals surface area contributed by atoms with Crippen molar-refractivity contribution in [1.82, 2.24) is 4.90 Å². The van der Waals surface area contributed by atoms with Crippen LogP contribution in [-0.4, -0.2) is 55.5 Å². The van der Waals surface area contributed by atoms with E-state index in [2.05, 4.69) is 5.32 Å². The maximum Gasteiger partial charge on any atom is 0.341 e. The number of nitrogens with zero attached hydrogens (tertiary/aromatic N) is 1. The Morgan fingerprint density at radius 1 is 1.12 bits per heavy atom. The average Bonchev–Trinajstić information content (AvgIpc) is 2.56. The van der Waals surface area contributed by atoms with Gasteiger partial charge in [0.15, 0.2) is 0 Å². The monoisotopic (exact) mass is 394 g/mol. The molecule has 0 aliphatic rings. The predicted octanol–water partition coefficient (Wildman–Crippen LogP) is 2.22. The van der Waals surface area contributed by atoms with Crippen molar-refractivity contribution in [3.05, 3.63) is 24.3 Å². The number of halogens is 2. The van der Waals surface area contributed by atoms with Gasteiger partial charge in [-0.15, -0.1) is 11.8 Å². The molecule has 0 spiro atoms. The number of carbonyl (C=O) groups excluding carboxylic acids is 2. The molecule has 1 aromatic rings. The van der Waals surface area contributed by atoms with E-state index in [4.69, 9.17) is 0 Å². The van der Waals surface area contributed by atoms with Crippen molar-refractivity contribution in [2.45, 2.75) is 24.5 Å². The minimum absolute atomic E-state index is 0.0457. The normalized spacial score (nSPS) is 11.4. The summed E-state index contributed by atoms with van der Waals surface area (Å²) in [7, 11) is -4.65. The average molecular weight is 394 g/mol. The predicted molar refractivity (Wildman–Crippen MR) is 93.5 cm³/mol. The number of anilines is 1. The number of sulfone groups is 1. The van der Waals surface area contributed by atoms with Crippen molar-refractivity contribution in [3.8, 4) is 0 Å². The van der Waals surface area contributed by atoms with E-state index < -0.39 is 20.5 Å². The fraction of sp³-hybridized carbons (Fsp3) is 0.467. The zero-order valence-corrected chi connectivity index (χ0v) is 15.5. The summed E-state index contributed by atoms with van der Waals surface area (Å²) in [5.41, 5.74) is 0.286. The second kappa shape index (κ2) is 9.71. The number of rotatable bonds is 9. The van der Waals surface area contributed by atoms with E-state index in [1.54, 1.807) is 4.90 Å². The van der Waals surface area contributed by atoms with Crippen LogP contribution >= 0.6 is 11.8 Å². The van der Waals surface area contributed by atoms with Crippen LogP contribution in [0.3, 0.4) is 0 Å². The highest BCUT2D eigenvalue weighted by Gasteiger charge is 2.26. The van der Waals surface area contributed by atoms with Gasteiger partial charge in [0.05, 0.1) is 16.4 Å². The van der Waals surface area contributed by atoms with Crippen LogP contribution in [0.4, 0.5) is 14.5 Å². The highest BCUT2D eigenvalue weighted by molar-refractivity contribution is 8.00. The summed E-state index contributed by atoms with van der Waals surface area (Å²) < 4.78 is 47.5. The Bertz CT molecular complexity index is 690. The molecule has 25 heavy (non-hydrogen) atoms. The number of carbonyl (C=O) groups is 2. The van der Waals surface area contributed by atoms with E-state index in [-0.39, 0.29) is 29.0 Å². The summed E-state index contributed by atoms with van der Waals surface area (Å²) in [5.74, 6) is -3.69. The number of hydrogen-bond acceptors (Lipinski definition) is 5. The van der Waals surface area contributed by atoms with Gasteiger partial charge in [0.1, 0.15) is 0 Å². The van der Waals surface area contributed by atoms with Crippen LogP contribution in [0.25, 0.3) is 0 Å². The van der Waals surface area contributed by atoms with Crippen LogP contribution in [0.2, 0.25) is 0 Å². The minimum atomic E-state index is -4.65. The quantitative estimate of drug-likeness (QED) is 0.694. The zero-order valence-electron chi connectivity index (χ0n) is 13.9. The first-order valence-corrected chi connectivity index (χ1v) is 10.2. The molecule has 0 bridgehead atoms. The van der Waals surface area contributed by atoms with E-state index in [1.807, 2.05) is 13.8 Å². The number of benzene rings is 1. The third-order valence-electron chi connectivity index (χ3n) is 3.28. The number of thioether (sulfide) groups is 1. The van der Waals surface area contributed by atoms with Crippen LogP contribution < -0.4 is 5.32 Å². The van der Waals surface area contributed by atoms with E-state index in [9.17, 15) is 26.8 Å². The summed E-state index contributed by atoms with van der Waals surface area (Å²) in [6.07, 6.45) is 0. The molecule has 0 heterocycles. The first-order valence-electron chi connectivity index (χ1n) is 7.49. The van der Waals surface area contributed by atoms with Gasteiger partial charge in [-0.3, -0.25) is 9.59 Å². The van der Waals surface area contributed by atoms with E-state index >= 15 is 0 Å². The van der Waals surface area contributed by atoms with Crippen molar-refractivity contribution in [2.75, 3.05) is 29.9 Å². The van der Waals surface area contributed by atoms with Gasteiger partial charge >= 0.3 is 5.76 Å². The first-order chi connectivity index (χ1) is 11.7. The molecule has 2 amide bonds. The minimum Gasteiger partial charge on any atom is -0.343 e. The Morgan fingerprint density at radius 2 is 1.68 bits per heavy atom. The first kappa shape index (κ1) is 21.4. The molecular formula is C15H20F2N2O4S2. The molecule has 10 heteroatoms. The van der Waals surface area contributed by atoms with Crippen molar-refractivity contribution < 1.29 is 26.8 Å². The van der Waals surface area contributed by atoms with Gasteiger partial charge in [-0.2, -0.15) is 8.78 Å². The van der Waals surface area contributed by atoms with Gasteiger partial charge in [-0.25, -0.2) is 8.42 Å². The molecule has 0 aliphatic carbocycles. The Hall–Kier alpha value is -1.68. The number of hydrogen-bond donors (Lipinski definition) is 1. The van der Waals surface area contributed by atoms with Gasteiger partial charge < -0.3 is 10.2 Å². The highest BCUT2D eigenvalue weighted by atomic mass is 32.2. The van der Waals surface area contributed by atoms with Crippen LogP contribution in [0, 0.1) is 0 Å². The molecule has 0 aromatic heterocycles. The van der Waals surface area contributed by atoms with E-state index in [0.29, 0.717) is 13.1 Å². The molecule has 0 saturated heterocycles. The summed E-state index contributed by atoms with van der Waals surface area (Å²) in [4.78, 5) is 24.7. The Balaban J connectivity index is 2.52. The second-order valence-electron chi connectivity index (χ2n) is 4.94. The topological polar surface area (TPSA) is 83.6 Å². The molecule has 1 N–H and O–H groups in total. The second-order valence-corrected chi connectivity index (χ2v) is 7.84. The lowest BCUT2D eigenvalue weighted by molar-refractivity contribution is -0.127. The van der Waals surface area contributed by atoms with Gasteiger partial charge in [0.25, 0.3) is 0 Å². The van der Waals surface area contributed by atoms with Crippen molar-refractivity contribution in [3.63, 3.8) is 0 Å². The lowest BCUT2D eigenvalue weighted by Crippen LogP contribution is -2.32. The number of nitrogens with one attached hydrogen (secondary N) is 1. The maximum atomic E-state index is 12.4. The molecule has 6 nitrogen and oxygen atoms in total. The Morgan fingerprint density at radius 3 is 2.16 bits per heavy atom. The van der Waals surface area contributed by atoms with Crippen molar-refractivity contribution in [1.29, 1.82) is 0 Å². The molecule has 140 valence electrons. The van der Waals surface area contributed by atoms with Crippen molar-refractivity contribution in [2.24, 2.45) is 0 Å². The van der Waals surface area contributed by atoms with Gasteiger partial charge in [-0.05, 0) is 38.1 Å². The molecular weight excluding hydrogens is 374 g/mol. The fourth-order valence-corrected chi connectivity index (χ4v) is 3.36. The van der Waals surface area contributed by atoms with Crippen LogP contribution in [-0.2, 0) is 19.4 Å². The van der Waals surface area contributed by atoms with Crippen LogP contribution in [0.15, 0.2) is 29.2 Å². The third-order valence-corrected chi connectivity index (χ3v) is 5.59. The lowest BCUT2D eigenvalue weighted by Gasteiger charge is -2.18. The molecule has 0 saturated carbocycles. The molecule has 0 radical (unpaired) electrons. The summed E-state index contributed by atoms with van der Waals surface area (Å²) in [6, 6.07) is 4.49. The van der Waals surface area contributed by atoms with Gasteiger partial charge in [-0.1, -0.05) is 0 Å². The number of alkyl halides is 2. The van der Waals surface area contributed by atoms with E-state index in [0.717, 1.165) is 23.9 Å². The fourth-order valence-electron chi connectivity index (χ4n) is 1.93. The Labute approximate surface area is 149 Å². The highest BCUT2D eigenvalue weighted by Crippen LogP contribution is 2.20. The number of amides is 2. The molecule has 0 fully saturated rings. The van der Waals surface area contributed by atoms with Gasteiger partial charge in [0, 0.05) is 18.8 Å². The SMILES string of the molecule is CCN(CC)C(=O)CSCC(=O)Nc1ccc(S(=O)(=O)C(F)F)cc1. The lowest BCUT2D eigenvalue weighted by atomic mass is 10.3. The van der Waals surface area contributed by atoms with E-state index in [1.165, 1.54) is 12.1 Å². The largest absolute Gasteiger partial charge is 0.343 e. The molecule has 0 aliphatic heterocycles. The summed E-state index contributed by atoms with van der Waals surface area (Å²) in [5, 5.41) is 2.51. The summed E-state index contributed by atoms with van der Waals surface area (Å²) in [6.45, 7) is 4.96. The van der Waals surface area contributed by atoms with Crippen LogP contribution in [0.5, 0.6) is 0 Å². The van der Waals surface area contributed by atoms with Crippen molar-refractivity contribution >= 4 is 39.1 Å². The molecule has 1 rings (SSSR count). The molecule has 0 unspecified atom stereocenters.